The zero-order chi connectivity index (χ0) is 30.7. The minimum absolute atomic E-state index is 0.100. The number of anilines is 1. The van der Waals surface area contributed by atoms with Gasteiger partial charge in [-0.15, -0.1) is 0 Å². The smallest absolute Gasteiger partial charge is 0.165 e. The van der Waals surface area contributed by atoms with Crippen molar-refractivity contribution >= 4 is 28.7 Å². The lowest BCUT2D eigenvalue weighted by Gasteiger charge is -2.39. The largest absolute Gasteiger partial charge is 0.491 e. The fourth-order valence-corrected chi connectivity index (χ4v) is 6.43. The van der Waals surface area contributed by atoms with E-state index in [1.165, 1.54) is 0 Å². The van der Waals surface area contributed by atoms with Gasteiger partial charge in [-0.05, 0) is 42.9 Å². The Morgan fingerprint density at radius 3 is 2.64 bits per heavy atom. The second-order valence-electron chi connectivity index (χ2n) is 11.9. The SMILES string of the molecule is Cc1cccc(Cl)c1C(=O)CC1(C)CCN(c2cnc(-c3cc(OCCN4CCOCC4)cn4ncc(C#N)c34)cn2)CC1. The molecule has 4 aromatic rings. The number of morpholine rings is 1. The van der Waals surface area contributed by atoms with E-state index in [9.17, 15) is 10.1 Å². The maximum absolute atomic E-state index is 13.2. The summed E-state index contributed by atoms with van der Waals surface area (Å²) in [5.41, 5.74) is 3.94. The van der Waals surface area contributed by atoms with E-state index in [4.69, 9.17) is 31.0 Å². The van der Waals surface area contributed by atoms with Crippen molar-refractivity contribution < 1.29 is 14.3 Å². The molecule has 0 atom stereocenters. The van der Waals surface area contributed by atoms with Crippen LogP contribution in [0.3, 0.4) is 0 Å². The molecular weight excluding hydrogens is 578 g/mol. The summed E-state index contributed by atoms with van der Waals surface area (Å²) in [6.07, 6.45) is 9.05. The molecule has 1 aromatic carbocycles. The van der Waals surface area contributed by atoms with Crippen LogP contribution in [-0.4, -0.2) is 82.8 Å². The quantitative estimate of drug-likeness (QED) is 0.235. The molecule has 2 aliphatic heterocycles. The normalized spacial score (nSPS) is 17.0. The number of aromatic nitrogens is 4. The average molecular weight is 614 g/mol. The molecule has 0 amide bonds. The van der Waals surface area contributed by atoms with Crippen LogP contribution in [0, 0.1) is 23.7 Å². The third kappa shape index (κ3) is 6.41. The lowest BCUT2D eigenvalue weighted by atomic mass is 9.75. The topological polar surface area (TPSA) is 109 Å². The minimum Gasteiger partial charge on any atom is -0.491 e. The van der Waals surface area contributed by atoms with Gasteiger partial charge in [0.1, 0.15) is 24.2 Å². The Balaban J connectivity index is 1.14. The van der Waals surface area contributed by atoms with Gasteiger partial charge >= 0.3 is 0 Å². The first kappa shape index (κ1) is 30.0. The van der Waals surface area contributed by atoms with Crippen molar-refractivity contribution in [2.45, 2.75) is 33.1 Å². The van der Waals surface area contributed by atoms with Gasteiger partial charge in [0.05, 0.1) is 59.8 Å². The molecule has 0 radical (unpaired) electrons. The highest BCUT2D eigenvalue weighted by Gasteiger charge is 2.34. The van der Waals surface area contributed by atoms with Crippen molar-refractivity contribution in [2.75, 3.05) is 57.4 Å². The van der Waals surface area contributed by atoms with Crippen molar-refractivity contribution in [1.29, 1.82) is 5.26 Å². The number of benzene rings is 1. The van der Waals surface area contributed by atoms with E-state index >= 15 is 0 Å². The lowest BCUT2D eigenvalue weighted by molar-refractivity contribution is 0.0322. The van der Waals surface area contributed by atoms with Crippen LogP contribution in [0.15, 0.2) is 49.1 Å². The van der Waals surface area contributed by atoms with E-state index in [-0.39, 0.29) is 11.2 Å². The molecule has 11 heteroatoms. The number of piperidine rings is 1. The van der Waals surface area contributed by atoms with Crippen LogP contribution in [0.2, 0.25) is 5.02 Å². The highest BCUT2D eigenvalue weighted by Crippen LogP contribution is 2.38. The molecule has 0 aliphatic carbocycles. The molecule has 2 aliphatic rings. The monoisotopic (exact) mass is 613 g/mol. The molecule has 228 valence electrons. The number of Topliss-reactive ketones (excluding diaryl/α,β-unsaturated/α-hetero) is 1. The van der Waals surface area contributed by atoms with Gasteiger partial charge in [-0.25, -0.2) is 9.50 Å². The lowest BCUT2D eigenvalue weighted by Crippen LogP contribution is -2.40. The van der Waals surface area contributed by atoms with E-state index in [1.54, 1.807) is 35.4 Å². The predicted octanol–water partition coefficient (Wildman–Crippen LogP) is 5.22. The molecule has 2 saturated heterocycles. The number of pyridine rings is 1. The number of ketones is 1. The highest BCUT2D eigenvalue weighted by atomic mass is 35.5. The number of carbonyl (C=O) groups is 1. The number of nitriles is 1. The number of halogens is 1. The standard InChI is InChI=1S/C33H36ClN7O3/c1-23-4-3-5-27(34)31(23)29(42)17-33(2)6-8-40(9-7-33)30-21-36-28(20-37-30)26-16-25(22-41-32(26)24(18-35)19-38-41)44-15-12-39-10-13-43-14-11-39/h3-5,16,19-22H,6-15,17H2,1-2H3. The number of nitrogens with zero attached hydrogens (tertiary/aromatic N) is 7. The van der Waals surface area contributed by atoms with Gasteiger partial charge in [-0.2, -0.15) is 10.4 Å². The van der Waals surface area contributed by atoms with Crippen molar-refractivity contribution in [2.24, 2.45) is 5.41 Å². The number of hydrogen-bond donors (Lipinski definition) is 0. The molecule has 10 nitrogen and oxygen atoms in total. The van der Waals surface area contributed by atoms with Gasteiger partial charge in [-0.1, -0.05) is 30.7 Å². The van der Waals surface area contributed by atoms with Gasteiger partial charge in [0.25, 0.3) is 0 Å². The van der Waals surface area contributed by atoms with E-state index < -0.39 is 0 Å². The Labute approximate surface area is 262 Å². The summed E-state index contributed by atoms with van der Waals surface area (Å²) in [4.78, 5) is 27.3. The van der Waals surface area contributed by atoms with Crippen LogP contribution in [0.4, 0.5) is 5.82 Å². The third-order valence-electron chi connectivity index (χ3n) is 8.78. The van der Waals surface area contributed by atoms with Crippen LogP contribution in [0.1, 0.15) is 47.7 Å². The fraction of sp³-hybridized carbons (Fsp3) is 0.424. The Morgan fingerprint density at radius 1 is 1.14 bits per heavy atom. The first-order valence-corrected chi connectivity index (χ1v) is 15.4. The Bertz CT molecular complexity index is 1660. The number of carbonyl (C=O) groups excluding carboxylic acids is 1. The van der Waals surface area contributed by atoms with E-state index in [2.05, 4.69) is 27.9 Å². The fourth-order valence-electron chi connectivity index (χ4n) is 6.11. The van der Waals surface area contributed by atoms with Crippen molar-refractivity contribution in [3.63, 3.8) is 0 Å². The van der Waals surface area contributed by atoms with Crippen LogP contribution < -0.4 is 9.64 Å². The van der Waals surface area contributed by atoms with Gasteiger partial charge in [0.15, 0.2) is 5.78 Å². The highest BCUT2D eigenvalue weighted by molar-refractivity contribution is 6.34. The number of hydrogen-bond acceptors (Lipinski definition) is 9. The van der Waals surface area contributed by atoms with Crippen molar-refractivity contribution in [3.8, 4) is 23.1 Å². The molecule has 3 aromatic heterocycles. The molecule has 0 bridgehead atoms. The van der Waals surface area contributed by atoms with E-state index in [0.717, 1.165) is 75.7 Å². The van der Waals surface area contributed by atoms with Gasteiger partial charge < -0.3 is 14.4 Å². The van der Waals surface area contributed by atoms with Crippen molar-refractivity contribution in [1.82, 2.24) is 24.5 Å². The van der Waals surface area contributed by atoms with E-state index in [1.807, 2.05) is 25.1 Å². The second kappa shape index (κ2) is 12.9. The van der Waals surface area contributed by atoms with Crippen LogP contribution in [0.25, 0.3) is 16.8 Å². The Kier molecular flexibility index (Phi) is 8.80. The molecule has 0 saturated carbocycles. The molecule has 0 N–H and O–H groups in total. The third-order valence-corrected chi connectivity index (χ3v) is 9.10. The zero-order valence-corrected chi connectivity index (χ0v) is 25.9. The maximum atomic E-state index is 13.2. The molecule has 6 rings (SSSR count). The first-order chi connectivity index (χ1) is 21.3. The van der Waals surface area contributed by atoms with E-state index in [0.29, 0.717) is 46.1 Å². The number of ether oxygens (including phenoxy) is 2. The van der Waals surface area contributed by atoms with Crippen LogP contribution in [-0.2, 0) is 4.74 Å². The molecule has 2 fully saturated rings. The zero-order valence-electron chi connectivity index (χ0n) is 25.1. The second-order valence-corrected chi connectivity index (χ2v) is 12.4. The predicted molar refractivity (Wildman–Crippen MR) is 168 cm³/mol. The Hall–Kier alpha value is -4.04. The van der Waals surface area contributed by atoms with Crippen LogP contribution in [0.5, 0.6) is 5.75 Å². The summed E-state index contributed by atoms with van der Waals surface area (Å²) < 4.78 is 13.2. The number of rotatable bonds is 9. The van der Waals surface area contributed by atoms with Gasteiger partial charge in [0.2, 0.25) is 0 Å². The Morgan fingerprint density at radius 2 is 1.93 bits per heavy atom. The summed E-state index contributed by atoms with van der Waals surface area (Å²) in [7, 11) is 0. The first-order valence-electron chi connectivity index (χ1n) is 15.0. The molecule has 0 unspecified atom stereocenters. The average Bonchev–Trinajstić information content (AvgIpc) is 3.45. The summed E-state index contributed by atoms with van der Waals surface area (Å²) in [6.45, 7) is 10.3. The number of fused-ring (bicyclic) bond motifs is 1. The summed E-state index contributed by atoms with van der Waals surface area (Å²) in [6, 6.07) is 9.73. The van der Waals surface area contributed by atoms with Gasteiger partial charge in [-0.3, -0.25) is 14.7 Å². The molecule has 44 heavy (non-hydrogen) atoms. The molecule has 0 spiro atoms. The number of aryl methyl sites for hydroxylation is 1. The minimum atomic E-state index is -0.115. The van der Waals surface area contributed by atoms with Crippen LogP contribution >= 0.6 is 11.6 Å². The molecular formula is C33H36ClN7O3. The summed E-state index contributed by atoms with van der Waals surface area (Å²) >= 11 is 6.37. The van der Waals surface area contributed by atoms with Crippen molar-refractivity contribution in [3.05, 3.63) is 70.8 Å². The molecule has 5 heterocycles. The summed E-state index contributed by atoms with van der Waals surface area (Å²) in [5.74, 6) is 1.53. The maximum Gasteiger partial charge on any atom is 0.165 e. The van der Waals surface area contributed by atoms with Gasteiger partial charge in [0, 0.05) is 50.3 Å². The summed E-state index contributed by atoms with van der Waals surface area (Å²) in [5, 5.41) is 14.6.